The molecule has 3 rings (SSSR count). The number of hydrogen-bond donors (Lipinski definition) is 2. The molecule has 1 fully saturated rings. The Morgan fingerprint density at radius 1 is 1.35 bits per heavy atom. The zero-order valence-electron chi connectivity index (χ0n) is 12.2. The summed E-state index contributed by atoms with van der Waals surface area (Å²) >= 11 is 0. The average molecular weight is 273 g/mol. The van der Waals surface area contributed by atoms with Crippen LogP contribution in [0.15, 0.2) is 24.5 Å². The maximum Gasteiger partial charge on any atom is 0.137 e. The van der Waals surface area contributed by atoms with E-state index in [1.165, 1.54) is 5.56 Å². The zero-order chi connectivity index (χ0) is 14.1. The van der Waals surface area contributed by atoms with Gasteiger partial charge in [0.05, 0.1) is 11.8 Å². The van der Waals surface area contributed by atoms with E-state index in [1.807, 2.05) is 0 Å². The molecule has 0 aliphatic heterocycles. The summed E-state index contributed by atoms with van der Waals surface area (Å²) in [5.74, 6) is 0.449. The lowest BCUT2D eigenvalue weighted by Gasteiger charge is -2.16. The predicted molar refractivity (Wildman–Crippen MR) is 79.8 cm³/mol. The van der Waals surface area contributed by atoms with Gasteiger partial charge in [0, 0.05) is 25.0 Å². The molecule has 0 aromatic carbocycles. The van der Waals surface area contributed by atoms with Crippen molar-refractivity contribution in [1.82, 2.24) is 14.7 Å². The first-order chi connectivity index (χ1) is 9.63. The summed E-state index contributed by atoms with van der Waals surface area (Å²) in [7, 11) is 0. The Morgan fingerprint density at radius 2 is 2.20 bits per heavy atom. The van der Waals surface area contributed by atoms with Gasteiger partial charge in [0.15, 0.2) is 0 Å². The second-order valence-electron chi connectivity index (χ2n) is 6.11. The van der Waals surface area contributed by atoms with Crippen LogP contribution in [0.2, 0.25) is 0 Å². The summed E-state index contributed by atoms with van der Waals surface area (Å²) < 4.78 is 2.09. The average Bonchev–Trinajstić information content (AvgIpc) is 3.01. The summed E-state index contributed by atoms with van der Waals surface area (Å²) in [6.07, 6.45) is 7.18. The molecule has 108 valence electrons. The first-order valence-electron chi connectivity index (χ1n) is 7.52. The van der Waals surface area contributed by atoms with E-state index in [1.54, 1.807) is 0 Å². The van der Waals surface area contributed by atoms with Crippen molar-refractivity contribution < 1.29 is 5.11 Å². The molecule has 4 heteroatoms. The van der Waals surface area contributed by atoms with E-state index in [0.717, 1.165) is 37.1 Å². The van der Waals surface area contributed by atoms with Crippen molar-refractivity contribution >= 4 is 5.65 Å². The van der Waals surface area contributed by atoms with Gasteiger partial charge in [-0.3, -0.25) is 0 Å². The molecule has 20 heavy (non-hydrogen) atoms. The molecule has 1 saturated carbocycles. The Hall–Kier alpha value is -1.39. The van der Waals surface area contributed by atoms with Gasteiger partial charge in [-0.05, 0) is 36.8 Å². The maximum atomic E-state index is 9.83. The van der Waals surface area contributed by atoms with E-state index < -0.39 is 0 Å². The Balaban J connectivity index is 1.72. The van der Waals surface area contributed by atoms with Crippen molar-refractivity contribution in [2.24, 2.45) is 0 Å². The van der Waals surface area contributed by atoms with Crippen LogP contribution in [0.4, 0.5) is 0 Å². The van der Waals surface area contributed by atoms with Crippen LogP contribution in [-0.4, -0.2) is 26.6 Å². The van der Waals surface area contributed by atoms with Crippen molar-refractivity contribution in [3.8, 4) is 0 Å². The molecule has 0 radical (unpaired) electrons. The molecule has 2 aromatic rings. The predicted octanol–water partition coefficient (Wildman–Crippen LogP) is 2.46. The van der Waals surface area contributed by atoms with Crippen molar-refractivity contribution in [2.45, 2.75) is 57.7 Å². The highest BCUT2D eigenvalue weighted by atomic mass is 16.3. The minimum absolute atomic E-state index is 0.181. The minimum atomic E-state index is -0.181. The molecule has 4 nitrogen and oxygen atoms in total. The molecule has 0 spiro atoms. The molecule has 2 heterocycles. The third kappa shape index (κ3) is 2.72. The van der Waals surface area contributed by atoms with Crippen LogP contribution in [0, 0.1) is 0 Å². The first kappa shape index (κ1) is 13.6. The number of imidazole rings is 1. The molecule has 1 aliphatic rings. The second-order valence-corrected chi connectivity index (χ2v) is 6.11. The Labute approximate surface area is 119 Å². The highest BCUT2D eigenvalue weighted by Gasteiger charge is 2.24. The number of pyridine rings is 1. The monoisotopic (exact) mass is 273 g/mol. The number of nitrogens with one attached hydrogen (secondary N) is 1. The third-order valence-corrected chi connectivity index (χ3v) is 4.17. The second kappa shape index (κ2) is 5.54. The Kier molecular flexibility index (Phi) is 3.76. The zero-order valence-corrected chi connectivity index (χ0v) is 12.2. The summed E-state index contributed by atoms with van der Waals surface area (Å²) in [5, 5.41) is 13.3. The highest BCUT2D eigenvalue weighted by Crippen LogP contribution is 2.19. The van der Waals surface area contributed by atoms with Gasteiger partial charge in [-0.1, -0.05) is 19.9 Å². The van der Waals surface area contributed by atoms with E-state index in [9.17, 15) is 5.11 Å². The number of fused-ring (bicyclic) bond motifs is 1. The molecular weight excluding hydrogens is 250 g/mol. The van der Waals surface area contributed by atoms with Crippen LogP contribution in [0.25, 0.3) is 5.65 Å². The fourth-order valence-electron chi connectivity index (χ4n) is 2.87. The maximum absolute atomic E-state index is 9.83. The van der Waals surface area contributed by atoms with E-state index in [0.29, 0.717) is 5.92 Å². The van der Waals surface area contributed by atoms with E-state index in [4.69, 9.17) is 0 Å². The van der Waals surface area contributed by atoms with Gasteiger partial charge in [-0.15, -0.1) is 0 Å². The Bertz CT molecular complexity index is 590. The highest BCUT2D eigenvalue weighted by molar-refractivity contribution is 5.41. The van der Waals surface area contributed by atoms with Gasteiger partial charge >= 0.3 is 0 Å². The molecular formula is C16H23N3O. The largest absolute Gasteiger partial charge is 0.392 e. The first-order valence-corrected chi connectivity index (χ1v) is 7.52. The number of rotatable bonds is 4. The van der Waals surface area contributed by atoms with E-state index in [-0.39, 0.29) is 12.1 Å². The lowest BCUT2D eigenvalue weighted by Crippen LogP contribution is -2.35. The number of nitrogens with zero attached hydrogens (tertiary/aromatic N) is 2. The number of aromatic nitrogens is 2. The lowest BCUT2D eigenvalue weighted by atomic mass is 10.2. The fourth-order valence-corrected chi connectivity index (χ4v) is 2.87. The summed E-state index contributed by atoms with van der Waals surface area (Å²) in [6, 6.07) is 4.43. The number of hydrogen-bond acceptors (Lipinski definition) is 3. The Morgan fingerprint density at radius 3 is 2.90 bits per heavy atom. The van der Waals surface area contributed by atoms with Crippen molar-refractivity contribution in [3.63, 3.8) is 0 Å². The van der Waals surface area contributed by atoms with Gasteiger partial charge in [0.25, 0.3) is 0 Å². The topological polar surface area (TPSA) is 49.6 Å². The van der Waals surface area contributed by atoms with Crippen LogP contribution in [0.3, 0.4) is 0 Å². The molecule has 0 unspecified atom stereocenters. The number of aliphatic hydroxyl groups excluding tert-OH is 1. The molecule has 0 saturated heterocycles. The lowest BCUT2D eigenvalue weighted by molar-refractivity contribution is 0.148. The summed E-state index contributed by atoms with van der Waals surface area (Å²) in [5.41, 5.74) is 3.35. The van der Waals surface area contributed by atoms with Crippen LogP contribution in [0.5, 0.6) is 0 Å². The van der Waals surface area contributed by atoms with Crippen LogP contribution in [-0.2, 0) is 6.54 Å². The molecule has 2 aromatic heterocycles. The quantitative estimate of drug-likeness (QED) is 0.899. The normalized spacial score (nSPS) is 23.0. The van der Waals surface area contributed by atoms with Gasteiger partial charge in [-0.2, -0.15) is 0 Å². The van der Waals surface area contributed by atoms with E-state index in [2.05, 4.69) is 53.1 Å². The minimum Gasteiger partial charge on any atom is -0.392 e. The van der Waals surface area contributed by atoms with Crippen molar-refractivity contribution in [1.29, 1.82) is 0 Å². The third-order valence-electron chi connectivity index (χ3n) is 4.17. The fraction of sp³-hybridized carbons (Fsp3) is 0.562. The van der Waals surface area contributed by atoms with Crippen LogP contribution in [0.1, 0.15) is 50.3 Å². The standard InChI is InChI=1S/C16H23N3O/c1-11(2)14-10-19-9-12(6-7-16(19)18-14)8-17-13-4-3-5-15(13)20/h6-7,9-11,13,15,17,20H,3-5,8H2,1-2H3/t13-,15-/m1/s1. The summed E-state index contributed by atoms with van der Waals surface area (Å²) in [4.78, 5) is 4.61. The van der Waals surface area contributed by atoms with Gasteiger partial charge < -0.3 is 14.8 Å². The van der Waals surface area contributed by atoms with Crippen molar-refractivity contribution in [2.75, 3.05) is 0 Å². The van der Waals surface area contributed by atoms with E-state index >= 15 is 0 Å². The van der Waals surface area contributed by atoms with Crippen LogP contribution >= 0.6 is 0 Å². The smallest absolute Gasteiger partial charge is 0.137 e. The SMILES string of the molecule is CC(C)c1cn2cc(CN[C@@H]3CCC[C@H]3O)ccc2n1. The molecule has 2 atom stereocenters. The molecule has 0 amide bonds. The summed E-state index contributed by atoms with van der Waals surface area (Å²) in [6.45, 7) is 5.12. The molecule has 2 N–H and O–H groups in total. The van der Waals surface area contributed by atoms with Gasteiger partial charge in [0.2, 0.25) is 0 Å². The number of aliphatic hydroxyl groups is 1. The van der Waals surface area contributed by atoms with Gasteiger partial charge in [-0.25, -0.2) is 4.98 Å². The van der Waals surface area contributed by atoms with Crippen LogP contribution < -0.4 is 5.32 Å². The molecule has 0 bridgehead atoms. The molecule has 1 aliphatic carbocycles. The van der Waals surface area contributed by atoms with Crippen molar-refractivity contribution in [3.05, 3.63) is 35.8 Å². The van der Waals surface area contributed by atoms with Gasteiger partial charge in [0.1, 0.15) is 5.65 Å².